The molecule has 0 aliphatic carbocycles. The van der Waals surface area contributed by atoms with Gasteiger partial charge in [-0.15, -0.1) is 0 Å². The van der Waals surface area contributed by atoms with Gasteiger partial charge in [0.05, 0.1) is 0 Å². The van der Waals surface area contributed by atoms with Gasteiger partial charge in [0.1, 0.15) is 5.82 Å². The molecule has 0 amide bonds. The Labute approximate surface area is 72.9 Å². The summed E-state index contributed by atoms with van der Waals surface area (Å²) in [6.45, 7) is 5.40. The average Bonchev–Trinajstić information content (AvgIpc) is 1.98. The third kappa shape index (κ3) is 2.38. The summed E-state index contributed by atoms with van der Waals surface area (Å²) in [5.41, 5.74) is 1.77. The van der Waals surface area contributed by atoms with Crippen LogP contribution in [-0.2, 0) is 0 Å². The van der Waals surface area contributed by atoms with Crippen LogP contribution in [0.2, 0.25) is 0 Å². The standard InChI is InChI=1S/C9H10FN.CH4/c1-3-11-9-6-8(10)5-4-7(9)2;/h3-6,11H,1H2,2H3;1H4. The fourth-order valence-electron chi connectivity index (χ4n) is 0.860. The number of nitrogens with one attached hydrogen (secondary N) is 1. The Bertz CT molecular complexity index is 269. The van der Waals surface area contributed by atoms with Gasteiger partial charge < -0.3 is 5.32 Å². The number of anilines is 1. The van der Waals surface area contributed by atoms with E-state index in [-0.39, 0.29) is 13.2 Å². The van der Waals surface area contributed by atoms with Crippen molar-refractivity contribution in [2.24, 2.45) is 0 Å². The summed E-state index contributed by atoms with van der Waals surface area (Å²) in [6, 6.07) is 4.60. The Morgan fingerprint density at radius 3 is 2.75 bits per heavy atom. The lowest BCUT2D eigenvalue weighted by Gasteiger charge is -2.03. The van der Waals surface area contributed by atoms with E-state index in [1.54, 1.807) is 6.07 Å². The van der Waals surface area contributed by atoms with Gasteiger partial charge in [-0.05, 0) is 30.8 Å². The van der Waals surface area contributed by atoms with Crippen molar-refractivity contribution in [2.75, 3.05) is 5.32 Å². The van der Waals surface area contributed by atoms with Gasteiger partial charge in [0.25, 0.3) is 0 Å². The molecule has 0 unspecified atom stereocenters. The van der Waals surface area contributed by atoms with Crippen molar-refractivity contribution >= 4 is 5.69 Å². The van der Waals surface area contributed by atoms with E-state index in [1.807, 2.05) is 6.92 Å². The number of hydrogen-bond donors (Lipinski definition) is 1. The molecule has 2 heteroatoms. The highest BCUT2D eigenvalue weighted by Crippen LogP contribution is 2.15. The minimum Gasteiger partial charge on any atom is -0.362 e. The van der Waals surface area contributed by atoms with Crippen LogP contribution in [0.3, 0.4) is 0 Å². The highest BCUT2D eigenvalue weighted by Gasteiger charge is 1.96. The molecule has 0 saturated carbocycles. The van der Waals surface area contributed by atoms with Gasteiger partial charge in [-0.3, -0.25) is 0 Å². The predicted molar refractivity (Wildman–Crippen MR) is 51.7 cm³/mol. The lowest BCUT2D eigenvalue weighted by atomic mass is 10.2. The Morgan fingerprint density at radius 2 is 2.17 bits per heavy atom. The molecule has 0 aliphatic heterocycles. The average molecular weight is 167 g/mol. The van der Waals surface area contributed by atoms with E-state index < -0.39 is 0 Å². The van der Waals surface area contributed by atoms with Gasteiger partial charge in [0, 0.05) is 5.69 Å². The first-order chi connectivity index (χ1) is 5.24. The number of aryl methyl sites for hydroxylation is 1. The molecule has 0 radical (unpaired) electrons. The van der Waals surface area contributed by atoms with E-state index in [0.29, 0.717) is 0 Å². The second kappa shape index (κ2) is 4.54. The highest BCUT2D eigenvalue weighted by atomic mass is 19.1. The van der Waals surface area contributed by atoms with Crippen molar-refractivity contribution in [3.05, 3.63) is 42.4 Å². The van der Waals surface area contributed by atoms with Crippen molar-refractivity contribution in [2.45, 2.75) is 14.4 Å². The van der Waals surface area contributed by atoms with Crippen LogP contribution in [0.1, 0.15) is 13.0 Å². The lowest BCUT2D eigenvalue weighted by molar-refractivity contribution is 0.628. The fraction of sp³-hybridized carbons (Fsp3) is 0.200. The molecule has 1 aromatic carbocycles. The molecular formula is C10H14FN. The van der Waals surface area contributed by atoms with Crippen LogP contribution >= 0.6 is 0 Å². The molecule has 12 heavy (non-hydrogen) atoms. The third-order valence-electron chi connectivity index (χ3n) is 1.46. The summed E-state index contributed by atoms with van der Waals surface area (Å²) in [6.07, 6.45) is 1.53. The van der Waals surface area contributed by atoms with Crippen molar-refractivity contribution in [1.29, 1.82) is 0 Å². The van der Waals surface area contributed by atoms with Crippen LogP contribution in [0.4, 0.5) is 10.1 Å². The van der Waals surface area contributed by atoms with E-state index >= 15 is 0 Å². The SMILES string of the molecule is C.C=CNc1cc(F)ccc1C. The monoisotopic (exact) mass is 167 g/mol. The molecule has 66 valence electrons. The van der Waals surface area contributed by atoms with Gasteiger partial charge in [-0.2, -0.15) is 0 Å². The van der Waals surface area contributed by atoms with Crippen LogP contribution in [0.25, 0.3) is 0 Å². The van der Waals surface area contributed by atoms with E-state index in [2.05, 4.69) is 11.9 Å². The van der Waals surface area contributed by atoms with Crippen molar-refractivity contribution in [1.82, 2.24) is 0 Å². The highest BCUT2D eigenvalue weighted by molar-refractivity contribution is 5.52. The maximum atomic E-state index is 12.6. The first-order valence-electron chi connectivity index (χ1n) is 3.37. The Balaban J connectivity index is 0.00000121. The molecule has 0 atom stereocenters. The third-order valence-corrected chi connectivity index (χ3v) is 1.46. The van der Waals surface area contributed by atoms with Crippen LogP contribution in [0.5, 0.6) is 0 Å². The van der Waals surface area contributed by atoms with Crippen molar-refractivity contribution in [3.8, 4) is 0 Å². The Morgan fingerprint density at radius 1 is 1.50 bits per heavy atom. The molecule has 0 heterocycles. The molecule has 1 rings (SSSR count). The number of hydrogen-bond acceptors (Lipinski definition) is 1. The first-order valence-corrected chi connectivity index (χ1v) is 3.37. The Kier molecular flexibility index (Phi) is 4.05. The van der Waals surface area contributed by atoms with Gasteiger partial charge in [-0.1, -0.05) is 20.1 Å². The molecule has 0 fully saturated rings. The lowest BCUT2D eigenvalue weighted by Crippen LogP contribution is -1.90. The van der Waals surface area contributed by atoms with E-state index in [1.165, 1.54) is 18.3 Å². The zero-order valence-electron chi connectivity index (χ0n) is 6.39. The minimum absolute atomic E-state index is 0. The summed E-state index contributed by atoms with van der Waals surface area (Å²) in [5.74, 6) is -0.236. The molecule has 0 bridgehead atoms. The quantitative estimate of drug-likeness (QED) is 0.712. The van der Waals surface area contributed by atoms with Gasteiger partial charge in [-0.25, -0.2) is 4.39 Å². The van der Waals surface area contributed by atoms with Crippen LogP contribution < -0.4 is 5.32 Å². The zero-order chi connectivity index (χ0) is 8.27. The Hall–Kier alpha value is -1.31. The largest absolute Gasteiger partial charge is 0.362 e. The number of benzene rings is 1. The fourth-order valence-corrected chi connectivity index (χ4v) is 0.860. The molecule has 1 aromatic rings. The van der Waals surface area contributed by atoms with E-state index in [9.17, 15) is 4.39 Å². The van der Waals surface area contributed by atoms with E-state index in [4.69, 9.17) is 0 Å². The van der Waals surface area contributed by atoms with Gasteiger partial charge in [0.2, 0.25) is 0 Å². The van der Waals surface area contributed by atoms with Gasteiger partial charge in [0.15, 0.2) is 0 Å². The summed E-state index contributed by atoms with van der Waals surface area (Å²) in [7, 11) is 0. The zero-order valence-corrected chi connectivity index (χ0v) is 6.39. The normalized spacial score (nSPS) is 8.50. The number of halogens is 1. The maximum Gasteiger partial charge on any atom is 0.125 e. The maximum absolute atomic E-state index is 12.6. The molecule has 0 aromatic heterocycles. The second-order valence-electron chi connectivity index (χ2n) is 2.31. The molecular weight excluding hydrogens is 153 g/mol. The molecule has 1 N–H and O–H groups in total. The molecule has 0 saturated heterocycles. The molecule has 0 spiro atoms. The van der Waals surface area contributed by atoms with Gasteiger partial charge >= 0.3 is 0 Å². The van der Waals surface area contributed by atoms with Crippen LogP contribution in [-0.4, -0.2) is 0 Å². The predicted octanol–water partition coefficient (Wildman–Crippen LogP) is 3.33. The molecule has 0 aliphatic rings. The van der Waals surface area contributed by atoms with E-state index in [0.717, 1.165) is 11.3 Å². The second-order valence-corrected chi connectivity index (χ2v) is 2.31. The summed E-state index contributed by atoms with van der Waals surface area (Å²) < 4.78 is 12.6. The topological polar surface area (TPSA) is 12.0 Å². The molecule has 1 nitrogen and oxygen atoms in total. The summed E-state index contributed by atoms with van der Waals surface area (Å²) >= 11 is 0. The summed E-state index contributed by atoms with van der Waals surface area (Å²) in [5, 5.41) is 2.84. The van der Waals surface area contributed by atoms with Crippen LogP contribution in [0, 0.1) is 12.7 Å². The first kappa shape index (κ1) is 10.7. The van der Waals surface area contributed by atoms with Crippen molar-refractivity contribution < 1.29 is 4.39 Å². The van der Waals surface area contributed by atoms with Crippen LogP contribution in [0.15, 0.2) is 31.0 Å². The summed E-state index contributed by atoms with van der Waals surface area (Å²) in [4.78, 5) is 0. The smallest absolute Gasteiger partial charge is 0.125 e. The number of rotatable bonds is 2. The minimum atomic E-state index is -0.236. The van der Waals surface area contributed by atoms with Crippen molar-refractivity contribution in [3.63, 3.8) is 0 Å².